The minimum absolute atomic E-state index is 0.0451. The van der Waals surface area contributed by atoms with Crippen molar-refractivity contribution < 1.29 is 4.79 Å². The number of aryl methyl sites for hydroxylation is 1. The SMILES string of the molecule is CSc1cc(C)nc(SC)c1NC(=O)C(Sc1ccccc1)c1ccccc1. The van der Waals surface area contributed by atoms with Crippen molar-refractivity contribution >= 4 is 46.9 Å². The average molecular weight is 427 g/mol. The highest BCUT2D eigenvalue weighted by atomic mass is 32.2. The highest BCUT2D eigenvalue weighted by molar-refractivity contribution is 8.00. The number of thioether (sulfide) groups is 3. The Balaban J connectivity index is 1.94. The molecule has 0 spiro atoms. The van der Waals surface area contributed by atoms with Crippen molar-refractivity contribution in [2.24, 2.45) is 0 Å². The van der Waals surface area contributed by atoms with Crippen LogP contribution in [0.3, 0.4) is 0 Å². The molecule has 2 aromatic carbocycles. The molecule has 1 unspecified atom stereocenters. The van der Waals surface area contributed by atoms with Crippen molar-refractivity contribution in [2.75, 3.05) is 17.8 Å². The molecule has 144 valence electrons. The molecule has 1 N–H and O–H groups in total. The lowest BCUT2D eigenvalue weighted by Crippen LogP contribution is -2.20. The third-order valence-corrected chi connectivity index (χ3v) is 6.79. The lowest BCUT2D eigenvalue weighted by atomic mass is 10.1. The Morgan fingerprint density at radius 1 is 0.964 bits per heavy atom. The van der Waals surface area contributed by atoms with E-state index in [2.05, 4.69) is 10.3 Å². The van der Waals surface area contributed by atoms with E-state index >= 15 is 0 Å². The van der Waals surface area contributed by atoms with Crippen molar-refractivity contribution in [3.63, 3.8) is 0 Å². The van der Waals surface area contributed by atoms with E-state index in [0.717, 1.165) is 31.8 Å². The molecule has 0 radical (unpaired) electrons. The first-order chi connectivity index (χ1) is 13.6. The van der Waals surface area contributed by atoms with Gasteiger partial charge in [0.2, 0.25) is 5.91 Å². The van der Waals surface area contributed by atoms with Crippen LogP contribution in [-0.2, 0) is 4.79 Å². The van der Waals surface area contributed by atoms with Crippen LogP contribution in [-0.4, -0.2) is 23.4 Å². The van der Waals surface area contributed by atoms with Gasteiger partial charge in [-0.05, 0) is 43.2 Å². The number of hydrogen-bond donors (Lipinski definition) is 1. The van der Waals surface area contributed by atoms with Gasteiger partial charge in [0, 0.05) is 15.5 Å². The van der Waals surface area contributed by atoms with Crippen LogP contribution in [0, 0.1) is 6.92 Å². The fraction of sp³-hybridized carbons (Fsp3) is 0.182. The van der Waals surface area contributed by atoms with E-state index in [-0.39, 0.29) is 11.2 Å². The van der Waals surface area contributed by atoms with Gasteiger partial charge in [0.25, 0.3) is 0 Å². The zero-order chi connectivity index (χ0) is 19.9. The summed E-state index contributed by atoms with van der Waals surface area (Å²) in [6.07, 6.45) is 4.00. The van der Waals surface area contributed by atoms with Gasteiger partial charge in [-0.2, -0.15) is 0 Å². The maximum Gasteiger partial charge on any atom is 0.242 e. The number of anilines is 1. The zero-order valence-corrected chi connectivity index (χ0v) is 18.5. The number of carbonyl (C=O) groups is 1. The van der Waals surface area contributed by atoms with E-state index < -0.39 is 0 Å². The van der Waals surface area contributed by atoms with Gasteiger partial charge in [0.15, 0.2) is 0 Å². The fourth-order valence-electron chi connectivity index (χ4n) is 2.76. The van der Waals surface area contributed by atoms with Crippen molar-refractivity contribution in [1.29, 1.82) is 0 Å². The van der Waals surface area contributed by atoms with E-state index in [1.165, 1.54) is 0 Å². The molecule has 1 atom stereocenters. The molecule has 1 heterocycles. The van der Waals surface area contributed by atoms with Crippen LogP contribution in [0.1, 0.15) is 16.5 Å². The molecule has 0 aliphatic heterocycles. The molecule has 6 heteroatoms. The number of rotatable bonds is 7. The van der Waals surface area contributed by atoms with E-state index in [4.69, 9.17) is 0 Å². The van der Waals surface area contributed by atoms with Crippen LogP contribution in [0.5, 0.6) is 0 Å². The van der Waals surface area contributed by atoms with E-state index in [1.807, 2.05) is 86.2 Å². The molecule has 0 fully saturated rings. The number of nitrogens with one attached hydrogen (secondary N) is 1. The number of pyridine rings is 1. The second-order valence-corrected chi connectivity index (χ2v) is 8.88. The lowest BCUT2D eigenvalue weighted by molar-refractivity contribution is -0.115. The van der Waals surface area contributed by atoms with Crippen LogP contribution in [0.25, 0.3) is 0 Å². The highest BCUT2D eigenvalue weighted by Gasteiger charge is 2.24. The number of aromatic nitrogens is 1. The molecule has 3 nitrogen and oxygen atoms in total. The van der Waals surface area contributed by atoms with Crippen molar-refractivity contribution in [1.82, 2.24) is 4.98 Å². The van der Waals surface area contributed by atoms with Gasteiger partial charge in [0.1, 0.15) is 10.3 Å². The first-order valence-electron chi connectivity index (χ1n) is 8.79. The van der Waals surface area contributed by atoms with Crippen LogP contribution in [0.2, 0.25) is 0 Å². The lowest BCUT2D eigenvalue weighted by Gasteiger charge is -2.19. The van der Waals surface area contributed by atoms with Crippen molar-refractivity contribution in [3.05, 3.63) is 78.0 Å². The zero-order valence-electron chi connectivity index (χ0n) is 16.0. The standard InChI is InChI=1S/C22H22N2OS3/c1-15-14-18(26-2)19(22(23-15)27-3)24-21(25)20(16-10-6-4-7-11-16)28-17-12-8-5-9-13-17/h4-14,20H,1-3H3,(H,24,25). The fourth-order valence-corrected chi connectivity index (χ4v) is 5.11. The Labute approximate surface area is 179 Å². The first kappa shape index (κ1) is 20.8. The molecular formula is C22H22N2OS3. The van der Waals surface area contributed by atoms with Gasteiger partial charge >= 0.3 is 0 Å². The first-order valence-corrected chi connectivity index (χ1v) is 12.1. The van der Waals surface area contributed by atoms with Crippen LogP contribution < -0.4 is 5.32 Å². The molecule has 0 saturated heterocycles. The molecule has 28 heavy (non-hydrogen) atoms. The number of hydrogen-bond acceptors (Lipinski definition) is 5. The second kappa shape index (κ2) is 10.0. The van der Waals surface area contributed by atoms with Crippen LogP contribution >= 0.6 is 35.3 Å². The Morgan fingerprint density at radius 3 is 2.21 bits per heavy atom. The summed E-state index contributed by atoms with van der Waals surface area (Å²) in [5, 5.41) is 3.65. The third kappa shape index (κ3) is 5.13. The third-order valence-electron chi connectivity index (χ3n) is 4.08. The number of nitrogens with zero attached hydrogens (tertiary/aromatic N) is 1. The summed E-state index contributed by atoms with van der Waals surface area (Å²) < 4.78 is 0. The van der Waals surface area contributed by atoms with Crippen molar-refractivity contribution in [3.8, 4) is 0 Å². The summed E-state index contributed by atoms with van der Waals surface area (Å²) in [7, 11) is 0. The summed E-state index contributed by atoms with van der Waals surface area (Å²) in [5.41, 5.74) is 2.72. The van der Waals surface area contributed by atoms with Gasteiger partial charge in [-0.25, -0.2) is 4.98 Å². The Bertz CT molecular complexity index is 908. The van der Waals surface area contributed by atoms with Gasteiger partial charge in [-0.15, -0.1) is 35.3 Å². The van der Waals surface area contributed by atoms with Crippen LogP contribution in [0.15, 0.2) is 81.5 Å². The predicted molar refractivity (Wildman–Crippen MR) is 123 cm³/mol. The Kier molecular flexibility index (Phi) is 7.48. The summed E-state index contributed by atoms with van der Waals surface area (Å²) in [4.78, 5) is 20.0. The maximum absolute atomic E-state index is 13.4. The monoisotopic (exact) mass is 426 g/mol. The van der Waals surface area contributed by atoms with Gasteiger partial charge in [0.05, 0.1) is 5.69 Å². The Hall–Kier alpha value is -1.89. The predicted octanol–water partition coefficient (Wildman–Crippen LogP) is 6.31. The van der Waals surface area contributed by atoms with E-state index in [0.29, 0.717) is 0 Å². The molecule has 0 aliphatic rings. The molecule has 0 saturated carbocycles. The molecule has 1 aromatic heterocycles. The molecule has 0 aliphatic carbocycles. The molecule has 0 bridgehead atoms. The van der Waals surface area contributed by atoms with Gasteiger partial charge in [-0.1, -0.05) is 48.5 Å². The highest BCUT2D eigenvalue weighted by Crippen LogP contribution is 2.39. The summed E-state index contributed by atoms with van der Waals surface area (Å²) in [6, 6.07) is 21.9. The topological polar surface area (TPSA) is 42.0 Å². The van der Waals surface area contributed by atoms with E-state index in [1.54, 1.807) is 35.3 Å². The summed E-state index contributed by atoms with van der Waals surface area (Å²) in [6.45, 7) is 1.98. The molecule has 1 amide bonds. The van der Waals surface area contributed by atoms with E-state index in [9.17, 15) is 4.79 Å². The normalized spacial score (nSPS) is 11.8. The number of benzene rings is 2. The minimum atomic E-state index is -0.352. The van der Waals surface area contributed by atoms with Crippen LogP contribution in [0.4, 0.5) is 5.69 Å². The number of carbonyl (C=O) groups excluding carboxylic acids is 1. The molecule has 3 rings (SSSR count). The second-order valence-electron chi connectivity index (χ2n) is 6.06. The smallest absolute Gasteiger partial charge is 0.242 e. The quantitative estimate of drug-likeness (QED) is 0.449. The van der Waals surface area contributed by atoms with Gasteiger partial charge < -0.3 is 5.32 Å². The Morgan fingerprint density at radius 2 is 1.61 bits per heavy atom. The number of amides is 1. The average Bonchev–Trinajstić information content (AvgIpc) is 2.74. The molecule has 3 aromatic rings. The van der Waals surface area contributed by atoms with Crippen molar-refractivity contribution in [2.45, 2.75) is 27.0 Å². The minimum Gasteiger partial charge on any atom is -0.322 e. The van der Waals surface area contributed by atoms with Gasteiger partial charge in [-0.3, -0.25) is 4.79 Å². The largest absolute Gasteiger partial charge is 0.322 e. The molecular weight excluding hydrogens is 404 g/mol. The maximum atomic E-state index is 13.4. The summed E-state index contributed by atoms with van der Waals surface area (Å²) in [5.74, 6) is -0.0451. The summed E-state index contributed by atoms with van der Waals surface area (Å²) >= 11 is 4.72.